The summed E-state index contributed by atoms with van der Waals surface area (Å²) in [6.07, 6.45) is 1.16. The number of para-hydroxylation sites is 1. The van der Waals surface area contributed by atoms with Crippen LogP contribution in [0.1, 0.15) is 18.4 Å². The van der Waals surface area contributed by atoms with Crippen LogP contribution < -0.4 is 14.8 Å². The molecule has 1 N–H and O–H groups in total. The van der Waals surface area contributed by atoms with Crippen LogP contribution >= 0.6 is 11.6 Å². The Bertz CT molecular complexity index is 1310. The van der Waals surface area contributed by atoms with E-state index >= 15 is 0 Å². The number of benzene rings is 3. The van der Waals surface area contributed by atoms with Gasteiger partial charge in [0, 0.05) is 18.1 Å². The number of methoxy groups -OCH3 is 1. The first-order valence-corrected chi connectivity index (χ1v) is 13.1. The Labute approximate surface area is 210 Å². The van der Waals surface area contributed by atoms with Gasteiger partial charge in [-0.2, -0.15) is 4.31 Å². The van der Waals surface area contributed by atoms with Gasteiger partial charge in [0.05, 0.1) is 23.6 Å². The van der Waals surface area contributed by atoms with Crippen molar-refractivity contribution in [3.05, 3.63) is 77.3 Å². The van der Waals surface area contributed by atoms with E-state index in [4.69, 9.17) is 21.1 Å². The minimum Gasteiger partial charge on any atom is -0.496 e. The zero-order chi connectivity index (χ0) is 25.0. The number of piperidine rings is 1. The van der Waals surface area contributed by atoms with Gasteiger partial charge in [0.25, 0.3) is 0 Å². The van der Waals surface area contributed by atoms with E-state index in [2.05, 4.69) is 5.32 Å². The number of nitrogens with one attached hydrogen (secondary N) is 1. The van der Waals surface area contributed by atoms with Gasteiger partial charge in [0.15, 0.2) is 5.75 Å². The first-order chi connectivity index (χ1) is 16.8. The Hall–Kier alpha value is -3.07. The maximum absolute atomic E-state index is 13.3. The summed E-state index contributed by atoms with van der Waals surface area (Å²) in [5, 5.41) is 3.34. The maximum Gasteiger partial charge on any atom is 0.243 e. The smallest absolute Gasteiger partial charge is 0.243 e. The van der Waals surface area contributed by atoms with Gasteiger partial charge < -0.3 is 14.8 Å². The molecule has 0 radical (unpaired) electrons. The standard InChI is InChI=1S/C26H27ClN2O5S/c1-18-15-22(11-13-24(18)33-2)35(31,32)29-14-6-7-19(17-29)26(30)28-23-16-20(27)10-12-25(23)34-21-8-4-3-5-9-21/h3-5,8-13,15-16,19H,6-7,14,17H2,1-2H3,(H,28,30)/t19-/m1/s1. The Morgan fingerprint density at radius 1 is 1.06 bits per heavy atom. The largest absolute Gasteiger partial charge is 0.496 e. The molecule has 0 unspecified atom stereocenters. The Morgan fingerprint density at radius 3 is 2.51 bits per heavy atom. The van der Waals surface area contributed by atoms with Gasteiger partial charge in [-0.3, -0.25) is 4.79 Å². The molecule has 3 aromatic carbocycles. The van der Waals surface area contributed by atoms with E-state index in [0.717, 1.165) is 5.56 Å². The number of amides is 1. The minimum absolute atomic E-state index is 0.0919. The number of aryl methyl sites for hydroxylation is 1. The number of ether oxygens (including phenoxy) is 2. The summed E-state index contributed by atoms with van der Waals surface area (Å²) in [6, 6.07) is 19.0. The molecule has 7 nitrogen and oxygen atoms in total. The number of carbonyl (C=O) groups is 1. The van der Waals surface area contributed by atoms with Crippen molar-refractivity contribution in [2.75, 3.05) is 25.5 Å². The van der Waals surface area contributed by atoms with Crippen molar-refractivity contribution in [2.45, 2.75) is 24.7 Å². The molecular weight excluding hydrogens is 488 g/mol. The third-order valence-corrected chi connectivity index (χ3v) is 8.03. The molecule has 1 atom stereocenters. The van der Waals surface area contributed by atoms with Crippen LogP contribution in [0, 0.1) is 12.8 Å². The first kappa shape index (κ1) is 25.0. The molecule has 0 spiro atoms. The van der Waals surface area contributed by atoms with Crippen molar-refractivity contribution in [3.8, 4) is 17.2 Å². The SMILES string of the molecule is COc1ccc(S(=O)(=O)N2CCC[C@@H](C(=O)Nc3cc(Cl)ccc3Oc3ccccc3)C2)cc1C. The van der Waals surface area contributed by atoms with Crippen molar-refractivity contribution in [1.29, 1.82) is 0 Å². The van der Waals surface area contributed by atoms with Crippen molar-refractivity contribution >= 4 is 33.2 Å². The van der Waals surface area contributed by atoms with E-state index < -0.39 is 15.9 Å². The third-order valence-electron chi connectivity index (χ3n) is 5.93. The van der Waals surface area contributed by atoms with Crippen molar-refractivity contribution in [2.24, 2.45) is 5.92 Å². The van der Waals surface area contributed by atoms with Gasteiger partial charge in [-0.25, -0.2) is 8.42 Å². The van der Waals surface area contributed by atoms with Crippen LogP contribution in [-0.4, -0.2) is 38.8 Å². The Morgan fingerprint density at radius 2 is 1.80 bits per heavy atom. The van der Waals surface area contributed by atoms with E-state index in [1.54, 1.807) is 44.4 Å². The molecule has 1 aliphatic heterocycles. The second kappa shape index (κ2) is 10.7. The Balaban J connectivity index is 1.50. The number of sulfonamides is 1. The summed E-state index contributed by atoms with van der Waals surface area (Å²) in [4.78, 5) is 13.4. The number of anilines is 1. The summed E-state index contributed by atoms with van der Waals surface area (Å²) in [5.74, 6) is 0.894. The third kappa shape index (κ3) is 5.78. The molecule has 4 rings (SSSR count). The molecule has 0 saturated carbocycles. The van der Waals surface area contributed by atoms with Crippen LogP contribution in [0.25, 0.3) is 0 Å². The van der Waals surface area contributed by atoms with E-state index in [1.165, 1.54) is 10.4 Å². The predicted molar refractivity (Wildman–Crippen MR) is 136 cm³/mol. The number of halogens is 1. The van der Waals surface area contributed by atoms with Crippen molar-refractivity contribution in [3.63, 3.8) is 0 Å². The summed E-state index contributed by atoms with van der Waals surface area (Å²) < 4.78 is 39.1. The molecule has 1 amide bonds. The molecule has 3 aromatic rings. The second-order valence-electron chi connectivity index (χ2n) is 8.38. The molecular formula is C26H27ClN2O5S. The van der Waals surface area contributed by atoms with Crippen LogP contribution in [0.15, 0.2) is 71.6 Å². The monoisotopic (exact) mass is 514 g/mol. The number of carbonyl (C=O) groups excluding carboxylic acids is 1. The summed E-state index contributed by atoms with van der Waals surface area (Å²) in [5.41, 5.74) is 1.16. The van der Waals surface area contributed by atoms with Crippen LogP contribution in [0.3, 0.4) is 0 Å². The fraction of sp³-hybridized carbons (Fsp3) is 0.269. The van der Waals surface area contributed by atoms with Gasteiger partial charge in [-0.1, -0.05) is 29.8 Å². The second-order valence-corrected chi connectivity index (χ2v) is 10.8. The van der Waals surface area contributed by atoms with Crippen LogP contribution in [0.2, 0.25) is 5.02 Å². The lowest BCUT2D eigenvalue weighted by molar-refractivity contribution is -0.120. The van der Waals surface area contributed by atoms with Gasteiger partial charge >= 0.3 is 0 Å². The number of rotatable bonds is 7. The lowest BCUT2D eigenvalue weighted by Gasteiger charge is -2.31. The van der Waals surface area contributed by atoms with Gasteiger partial charge in [-0.15, -0.1) is 0 Å². The number of hydrogen-bond donors (Lipinski definition) is 1. The van der Waals surface area contributed by atoms with Gasteiger partial charge in [0.1, 0.15) is 11.5 Å². The number of nitrogens with zero attached hydrogens (tertiary/aromatic N) is 1. The van der Waals surface area contributed by atoms with Crippen LogP contribution in [0.4, 0.5) is 5.69 Å². The fourth-order valence-corrected chi connectivity index (χ4v) is 5.86. The van der Waals surface area contributed by atoms with Crippen molar-refractivity contribution < 1.29 is 22.7 Å². The van der Waals surface area contributed by atoms with E-state index in [0.29, 0.717) is 47.3 Å². The summed E-state index contributed by atoms with van der Waals surface area (Å²) in [6.45, 7) is 2.25. The van der Waals surface area contributed by atoms with Crippen LogP contribution in [-0.2, 0) is 14.8 Å². The highest BCUT2D eigenvalue weighted by Gasteiger charge is 2.34. The zero-order valence-corrected chi connectivity index (χ0v) is 21.1. The molecule has 1 fully saturated rings. The van der Waals surface area contributed by atoms with Gasteiger partial charge in [0.2, 0.25) is 15.9 Å². The molecule has 0 aliphatic carbocycles. The lowest BCUT2D eigenvalue weighted by Crippen LogP contribution is -2.43. The van der Waals surface area contributed by atoms with Gasteiger partial charge in [-0.05, 0) is 73.9 Å². The predicted octanol–water partition coefficient (Wildman–Crippen LogP) is 5.49. The van der Waals surface area contributed by atoms with E-state index in [1.807, 2.05) is 30.3 Å². The molecule has 184 valence electrons. The highest BCUT2D eigenvalue weighted by molar-refractivity contribution is 7.89. The molecule has 1 heterocycles. The normalized spacial score (nSPS) is 16.5. The lowest BCUT2D eigenvalue weighted by atomic mass is 9.98. The van der Waals surface area contributed by atoms with Crippen LogP contribution in [0.5, 0.6) is 17.2 Å². The maximum atomic E-state index is 13.3. The van der Waals surface area contributed by atoms with Crippen molar-refractivity contribution in [1.82, 2.24) is 4.31 Å². The average Bonchev–Trinajstić information content (AvgIpc) is 2.86. The molecule has 0 aromatic heterocycles. The topological polar surface area (TPSA) is 84.9 Å². The van der Waals surface area contributed by atoms with E-state index in [9.17, 15) is 13.2 Å². The molecule has 0 bridgehead atoms. The molecule has 1 aliphatic rings. The first-order valence-electron chi connectivity index (χ1n) is 11.3. The highest BCUT2D eigenvalue weighted by atomic mass is 35.5. The highest BCUT2D eigenvalue weighted by Crippen LogP contribution is 2.33. The molecule has 35 heavy (non-hydrogen) atoms. The quantitative estimate of drug-likeness (QED) is 0.450. The average molecular weight is 515 g/mol. The number of hydrogen-bond acceptors (Lipinski definition) is 5. The Kier molecular flexibility index (Phi) is 7.64. The minimum atomic E-state index is -3.75. The molecule has 1 saturated heterocycles. The van der Waals surface area contributed by atoms with E-state index in [-0.39, 0.29) is 17.3 Å². The fourth-order valence-electron chi connectivity index (χ4n) is 4.07. The molecule has 9 heteroatoms. The summed E-state index contributed by atoms with van der Waals surface area (Å²) in [7, 11) is -2.21. The zero-order valence-electron chi connectivity index (χ0n) is 19.5. The summed E-state index contributed by atoms with van der Waals surface area (Å²) >= 11 is 6.17.